The monoisotopic (exact) mass is 398 g/mol. The number of amides is 1. The summed E-state index contributed by atoms with van der Waals surface area (Å²) < 4.78 is 26.4. The van der Waals surface area contributed by atoms with Crippen LogP contribution < -0.4 is 15.8 Å². The van der Waals surface area contributed by atoms with E-state index in [-0.39, 0.29) is 54.1 Å². The minimum Gasteiger partial charge on any atom is -0.349 e. The molecule has 7 nitrogen and oxygen atoms in total. The molecule has 1 aliphatic carbocycles. The second kappa shape index (κ2) is 10.1. The molecule has 1 saturated carbocycles. The Bertz CT molecular complexity index is 608. The molecule has 0 atom stereocenters. The van der Waals surface area contributed by atoms with Crippen molar-refractivity contribution in [2.75, 3.05) is 13.1 Å². The van der Waals surface area contributed by atoms with Crippen LogP contribution in [0.15, 0.2) is 29.4 Å². The average molecular weight is 399 g/mol. The van der Waals surface area contributed by atoms with Gasteiger partial charge in [0.1, 0.15) is 4.90 Å². The van der Waals surface area contributed by atoms with Crippen molar-refractivity contribution in [3.8, 4) is 0 Å². The van der Waals surface area contributed by atoms with Crippen LogP contribution in [0, 0.1) is 0 Å². The lowest BCUT2D eigenvalue weighted by Crippen LogP contribution is -2.52. The second-order valence-corrected chi connectivity index (χ2v) is 7.34. The maximum atomic E-state index is 12.0. The molecule has 1 amide bonds. The van der Waals surface area contributed by atoms with Crippen molar-refractivity contribution in [1.29, 1.82) is 0 Å². The van der Waals surface area contributed by atoms with E-state index in [9.17, 15) is 13.2 Å². The summed E-state index contributed by atoms with van der Waals surface area (Å²) in [4.78, 5) is 15.8. The highest BCUT2D eigenvalue weighted by Crippen LogP contribution is 2.28. The zero-order chi connectivity index (χ0) is 16.1. The molecule has 1 heterocycles. The molecule has 24 heavy (non-hydrogen) atoms. The van der Waals surface area contributed by atoms with Crippen LogP contribution in [-0.2, 0) is 14.8 Å². The number of carbonyl (C=O) groups excluding carboxylic acids is 1. The maximum absolute atomic E-state index is 12.0. The number of halogens is 2. The number of aromatic nitrogens is 1. The van der Waals surface area contributed by atoms with E-state index in [0.717, 1.165) is 25.7 Å². The van der Waals surface area contributed by atoms with Crippen LogP contribution in [0.3, 0.4) is 0 Å². The number of hydrogen-bond donors (Lipinski definition) is 3. The van der Waals surface area contributed by atoms with Gasteiger partial charge in [-0.1, -0.05) is 12.8 Å². The molecule has 1 aliphatic rings. The van der Waals surface area contributed by atoms with Crippen LogP contribution in [0.4, 0.5) is 0 Å². The molecule has 0 saturated heterocycles. The van der Waals surface area contributed by atoms with Gasteiger partial charge in [-0.3, -0.25) is 9.78 Å². The number of nitrogens with zero attached hydrogens (tertiary/aromatic N) is 1. The molecular formula is C14H24Cl2N4O3S. The lowest BCUT2D eigenvalue weighted by molar-refractivity contribution is -0.122. The largest absolute Gasteiger partial charge is 0.349 e. The molecule has 138 valence electrons. The summed E-state index contributed by atoms with van der Waals surface area (Å²) in [6.07, 6.45) is 6.75. The molecule has 0 radical (unpaired) electrons. The van der Waals surface area contributed by atoms with Crippen LogP contribution >= 0.6 is 24.8 Å². The maximum Gasteiger partial charge on any atom is 0.242 e. The van der Waals surface area contributed by atoms with E-state index < -0.39 is 10.0 Å². The van der Waals surface area contributed by atoms with E-state index in [1.807, 2.05) is 0 Å². The van der Waals surface area contributed by atoms with Gasteiger partial charge in [0.25, 0.3) is 0 Å². The Morgan fingerprint density at radius 3 is 2.50 bits per heavy atom. The number of nitrogens with one attached hydrogen (secondary N) is 2. The number of carbonyl (C=O) groups is 1. The van der Waals surface area contributed by atoms with E-state index in [2.05, 4.69) is 15.0 Å². The first kappa shape index (κ1) is 23.1. The summed E-state index contributed by atoms with van der Waals surface area (Å²) in [6, 6.07) is 3.00. The molecular weight excluding hydrogens is 375 g/mol. The lowest BCUT2D eigenvalue weighted by atomic mass is 9.97. The summed E-state index contributed by atoms with van der Waals surface area (Å²) in [6.45, 7) is 0.462. The molecule has 4 N–H and O–H groups in total. The quantitative estimate of drug-likeness (QED) is 0.633. The van der Waals surface area contributed by atoms with Crippen molar-refractivity contribution >= 4 is 40.7 Å². The predicted molar refractivity (Wildman–Crippen MR) is 96.9 cm³/mol. The van der Waals surface area contributed by atoms with Crippen molar-refractivity contribution in [3.63, 3.8) is 0 Å². The topological polar surface area (TPSA) is 114 Å². The Kier molecular flexibility index (Phi) is 9.76. The average Bonchev–Trinajstić information content (AvgIpc) is 2.97. The van der Waals surface area contributed by atoms with Gasteiger partial charge in [0.05, 0.1) is 5.54 Å². The van der Waals surface area contributed by atoms with Gasteiger partial charge in [-0.25, -0.2) is 13.1 Å². The minimum atomic E-state index is -3.62. The Morgan fingerprint density at radius 2 is 1.96 bits per heavy atom. The highest BCUT2D eigenvalue weighted by atomic mass is 35.5. The van der Waals surface area contributed by atoms with Gasteiger partial charge in [0, 0.05) is 31.9 Å². The fourth-order valence-electron chi connectivity index (χ4n) is 2.68. The first-order chi connectivity index (χ1) is 10.5. The highest BCUT2D eigenvalue weighted by Gasteiger charge is 2.33. The van der Waals surface area contributed by atoms with Crippen LogP contribution in [0.5, 0.6) is 0 Å². The fraction of sp³-hybridized carbons (Fsp3) is 0.571. The van der Waals surface area contributed by atoms with E-state index in [4.69, 9.17) is 5.73 Å². The molecule has 0 unspecified atom stereocenters. The number of hydrogen-bond acceptors (Lipinski definition) is 5. The van der Waals surface area contributed by atoms with Crippen molar-refractivity contribution in [3.05, 3.63) is 24.5 Å². The lowest BCUT2D eigenvalue weighted by Gasteiger charge is -2.28. The third kappa shape index (κ3) is 6.18. The van der Waals surface area contributed by atoms with Gasteiger partial charge < -0.3 is 11.1 Å². The zero-order valence-corrected chi connectivity index (χ0v) is 15.7. The smallest absolute Gasteiger partial charge is 0.242 e. The van der Waals surface area contributed by atoms with Crippen molar-refractivity contribution in [2.24, 2.45) is 5.73 Å². The Morgan fingerprint density at radius 1 is 1.29 bits per heavy atom. The molecule has 0 spiro atoms. The van der Waals surface area contributed by atoms with Gasteiger partial charge >= 0.3 is 0 Å². The van der Waals surface area contributed by atoms with Crippen LogP contribution in [0.1, 0.15) is 32.1 Å². The zero-order valence-electron chi connectivity index (χ0n) is 13.2. The molecule has 1 fully saturated rings. The molecule has 2 rings (SSSR count). The molecule has 0 aromatic carbocycles. The Labute approximate surface area is 155 Å². The Balaban J connectivity index is 0.00000264. The minimum absolute atomic E-state index is 0. The van der Waals surface area contributed by atoms with Crippen molar-refractivity contribution in [2.45, 2.75) is 42.5 Å². The first-order valence-corrected chi connectivity index (χ1v) is 8.87. The van der Waals surface area contributed by atoms with Crippen LogP contribution in [0.2, 0.25) is 0 Å². The molecule has 10 heteroatoms. The molecule has 0 aliphatic heterocycles. The third-order valence-corrected chi connectivity index (χ3v) is 5.39. The van der Waals surface area contributed by atoms with E-state index >= 15 is 0 Å². The SMILES string of the molecule is Cl.Cl.NCC1(NC(=O)CCNS(=O)(=O)c2cccnc2)CCCC1. The van der Waals surface area contributed by atoms with Gasteiger partial charge in [0.15, 0.2) is 0 Å². The molecule has 1 aromatic rings. The van der Waals surface area contributed by atoms with E-state index in [1.165, 1.54) is 18.5 Å². The third-order valence-electron chi connectivity index (χ3n) is 3.94. The van der Waals surface area contributed by atoms with Gasteiger partial charge in [-0.15, -0.1) is 24.8 Å². The summed E-state index contributed by atoms with van der Waals surface area (Å²) >= 11 is 0. The van der Waals surface area contributed by atoms with Crippen LogP contribution in [-0.4, -0.2) is 37.9 Å². The molecule has 1 aromatic heterocycles. The summed E-state index contributed by atoms with van der Waals surface area (Å²) in [5, 5.41) is 2.96. The second-order valence-electron chi connectivity index (χ2n) is 5.58. The number of sulfonamides is 1. The summed E-state index contributed by atoms with van der Waals surface area (Å²) in [7, 11) is -3.62. The van der Waals surface area contributed by atoms with E-state index in [1.54, 1.807) is 6.07 Å². The van der Waals surface area contributed by atoms with Crippen molar-refractivity contribution < 1.29 is 13.2 Å². The van der Waals surface area contributed by atoms with Crippen LogP contribution in [0.25, 0.3) is 0 Å². The first-order valence-electron chi connectivity index (χ1n) is 7.38. The van der Waals surface area contributed by atoms with Crippen molar-refractivity contribution in [1.82, 2.24) is 15.0 Å². The predicted octanol–water partition coefficient (Wildman–Crippen LogP) is 0.981. The number of pyridine rings is 1. The van der Waals surface area contributed by atoms with E-state index in [0.29, 0.717) is 6.54 Å². The molecule has 0 bridgehead atoms. The van der Waals surface area contributed by atoms with Gasteiger partial charge in [-0.2, -0.15) is 0 Å². The fourth-order valence-corrected chi connectivity index (χ4v) is 3.67. The number of nitrogens with two attached hydrogens (primary N) is 1. The normalized spacial score (nSPS) is 15.9. The van der Waals surface area contributed by atoms with Gasteiger partial charge in [-0.05, 0) is 25.0 Å². The number of rotatable bonds is 7. The summed E-state index contributed by atoms with van der Waals surface area (Å²) in [5.74, 6) is -0.179. The summed E-state index contributed by atoms with van der Waals surface area (Å²) in [5.41, 5.74) is 5.45. The standard InChI is InChI=1S/C14H22N4O3S.2ClH/c15-11-14(6-1-2-7-14)18-13(19)5-9-17-22(20,21)12-4-3-8-16-10-12;;/h3-4,8,10,17H,1-2,5-7,9,11,15H2,(H,18,19);2*1H. The Hall–Kier alpha value is -0.930. The van der Waals surface area contributed by atoms with Gasteiger partial charge in [0.2, 0.25) is 15.9 Å². The highest BCUT2D eigenvalue weighted by molar-refractivity contribution is 7.89.